The molecule has 1 unspecified atom stereocenters. The van der Waals surface area contributed by atoms with Crippen LogP contribution in [0.3, 0.4) is 0 Å². The van der Waals surface area contributed by atoms with Gasteiger partial charge in [0.05, 0.1) is 0 Å². The van der Waals surface area contributed by atoms with Gasteiger partial charge in [-0.3, -0.25) is 0 Å². The van der Waals surface area contributed by atoms with Crippen molar-refractivity contribution in [1.82, 2.24) is 0 Å². The van der Waals surface area contributed by atoms with Gasteiger partial charge in [-0.1, -0.05) is 13.3 Å². The average molecular weight is 211 g/mol. The third-order valence-corrected chi connectivity index (χ3v) is 3.85. The van der Waals surface area contributed by atoms with Crippen LogP contribution in [0, 0.1) is 6.92 Å². The minimum absolute atomic E-state index is 0.753. The molecule has 1 rings (SSSR count). The minimum Gasteiger partial charge on any atom is -0.330 e. The van der Waals surface area contributed by atoms with Crippen molar-refractivity contribution in [2.45, 2.75) is 45.4 Å². The van der Waals surface area contributed by atoms with Crippen LogP contribution in [0.25, 0.3) is 0 Å². The standard InChI is InChI=1S/C12H21NS/c1-3-5-11(6-4-8-13)12-10(2)7-9-14-12/h7,9,11H,3-6,8,13H2,1-2H3. The number of hydrogen-bond donors (Lipinski definition) is 1. The Morgan fingerprint density at radius 1 is 1.43 bits per heavy atom. The molecular formula is C12H21NS. The summed E-state index contributed by atoms with van der Waals surface area (Å²) in [7, 11) is 0. The van der Waals surface area contributed by atoms with Crippen molar-refractivity contribution in [2.75, 3.05) is 6.54 Å². The Bertz CT molecular complexity index is 255. The number of hydrogen-bond acceptors (Lipinski definition) is 2. The largest absolute Gasteiger partial charge is 0.330 e. The van der Waals surface area contributed by atoms with Gasteiger partial charge < -0.3 is 5.73 Å². The zero-order valence-corrected chi connectivity index (χ0v) is 10.1. The van der Waals surface area contributed by atoms with E-state index >= 15 is 0 Å². The summed E-state index contributed by atoms with van der Waals surface area (Å²) in [5, 5.41) is 2.20. The van der Waals surface area contributed by atoms with E-state index in [1.165, 1.54) is 24.8 Å². The van der Waals surface area contributed by atoms with Crippen molar-refractivity contribution in [2.24, 2.45) is 5.73 Å². The normalized spacial score (nSPS) is 13.1. The molecule has 80 valence electrons. The maximum Gasteiger partial charge on any atom is 0.0105 e. The molecule has 1 aromatic rings. The SMILES string of the molecule is CCCC(CCCN)c1sccc1C. The molecule has 1 atom stereocenters. The number of thiophene rings is 1. The summed E-state index contributed by atoms with van der Waals surface area (Å²) < 4.78 is 0. The van der Waals surface area contributed by atoms with Gasteiger partial charge in [0.1, 0.15) is 0 Å². The van der Waals surface area contributed by atoms with E-state index in [4.69, 9.17) is 5.73 Å². The lowest BCUT2D eigenvalue weighted by molar-refractivity contribution is 0.555. The first-order chi connectivity index (χ1) is 6.79. The van der Waals surface area contributed by atoms with Crippen LogP contribution in [-0.2, 0) is 0 Å². The number of aryl methyl sites for hydroxylation is 1. The van der Waals surface area contributed by atoms with E-state index in [0.29, 0.717) is 0 Å². The molecule has 2 heteroatoms. The van der Waals surface area contributed by atoms with Crippen molar-refractivity contribution >= 4 is 11.3 Å². The van der Waals surface area contributed by atoms with E-state index in [1.54, 1.807) is 4.88 Å². The monoisotopic (exact) mass is 211 g/mol. The third kappa shape index (κ3) is 3.10. The Labute approximate surface area is 91.3 Å². The van der Waals surface area contributed by atoms with Crippen LogP contribution < -0.4 is 5.73 Å². The predicted molar refractivity (Wildman–Crippen MR) is 65.0 cm³/mol. The Morgan fingerprint density at radius 2 is 2.21 bits per heavy atom. The molecule has 14 heavy (non-hydrogen) atoms. The van der Waals surface area contributed by atoms with Gasteiger partial charge in [-0.15, -0.1) is 11.3 Å². The first-order valence-electron chi connectivity index (χ1n) is 5.53. The highest BCUT2D eigenvalue weighted by Gasteiger charge is 2.13. The molecule has 0 spiro atoms. The summed E-state index contributed by atoms with van der Waals surface area (Å²) in [4.78, 5) is 1.58. The second-order valence-electron chi connectivity index (χ2n) is 3.88. The summed E-state index contributed by atoms with van der Waals surface area (Å²) in [6, 6.07) is 2.23. The molecule has 1 heterocycles. The van der Waals surface area contributed by atoms with Crippen LogP contribution in [0.1, 0.15) is 49.0 Å². The Morgan fingerprint density at radius 3 is 2.71 bits per heavy atom. The van der Waals surface area contributed by atoms with Crippen LogP contribution in [0.4, 0.5) is 0 Å². The molecule has 0 saturated heterocycles. The van der Waals surface area contributed by atoms with Crippen molar-refractivity contribution in [3.8, 4) is 0 Å². The lowest BCUT2D eigenvalue weighted by atomic mass is 9.94. The van der Waals surface area contributed by atoms with E-state index in [1.807, 2.05) is 11.3 Å². The molecule has 1 nitrogen and oxygen atoms in total. The summed E-state index contributed by atoms with van der Waals surface area (Å²) in [5.41, 5.74) is 7.03. The molecular weight excluding hydrogens is 190 g/mol. The molecule has 0 fully saturated rings. The fourth-order valence-corrected chi connectivity index (χ4v) is 3.02. The number of rotatable bonds is 6. The van der Waals surface area contributed by atoms with Gasteiger partial charge in [-0.2, -0.15) is 0 Å². The summed E-state index contributed by atoms with van der Waals surface area (Å²) in [6.07, 6.45) is 4.99. The third-order valence-electron chi connectivity index (χ3n) is 2.67. The molecule has 0 radical (unpaired) electrons. The van der Waals surface area contributed by atoms with Gasteiger partial charge >= 0.3 is 0 Å². The Kier molecular flexibility index (Phi) is 5.20. The molecule has 1 aromatic heterocycles. The first kappa shape index (κ1) is 11.7. The molecule has 0 aliphatic carbocycles. The van der Waals surface area contributed by atoms with Crippen molar-refractivity contribution in [3.05, 3.63) is 21.9 Å². The highest BCUT2D eigenvalue weighted by Crippen LogP contribution is 2.32. The fraction of sp³-hybridized carbons (Fsp3) is 0.667. The zero-order chi connectivity index (χ0) is 10.4. The molecule has 0 aliphatic heterocycles. The highest BCUT2D eigenvalue weighted by atomic mass is 32.1. The van der Waals surface area contributed by atoms with Crippen molar-refractivity contribution in [1.29, 1.82) is 0 Å². The molecule has 0 saturated carbocycles. The maximum atomic E-state index is 5.57. The first-order valence-corrected chi connectivity index (χ1v) is 6.41. The van der Waals surface area contributed by atoms with E-state index in [-0.39, 0.29) is 0 Å². The van der Waals surface area contributed by atoms with Crippen LogP contribution in [0.2, 0.25) is 0 Å². The summed E-state index contributed by atoms with van der Waals surface area (Å²) in [5.74, 6) is 0.753. The fourth-order valence-electron chi connectivity index (χ4n) is 1.92. The van der Waals surface area contributed by atoms with Crippen LogP contribution in [-0.4, -0.2) is 6.54 Å². The van der Waals surface area contributed by atoms with Crippen molar-refractivity contribution < 1.29 is 0 Å². The van der Waals surface area contributed by atoms with Gasteiger partial charge in [-0.05, 0) is 55.7 Å². The average Bonchev–Trinajstić information content (AvgIpc) is 2.59. The van der Waals surface area contributed by atoms with Gasteiger partial charge in [0, 0.05) is 4.88 Å². The van der Waals surface area contributed by atoms with Gasteiger partial charge in [0.15, 0.2) is 0 Å². The highest BCUT2D eigenvalue weighted by molar-refractivity contribution is 7.10. The van der Waals surface area contributed by atoms with Crippen LogP contribution in [0.15, 0.2) is 11.4 Å². The topological polar surface area (TPSA) is 26.0 Å². The van der Waals surface area contributed by atoms with Crippen LogP contribution >= 0.6 is 11.3 Å². The maximum absolute atomic E-state index is 5.57. The molecule has 0 bridgehead atoms. The lowest BCUT2D eigenvalue weighted by Gasteiger charge is -2.15. The zero-order valence-electron chi connectivity index (χ0n) is 9.25. The second-order valence-corrected chi connectivity index (χ2v) is 4.83. The summed E-state index contributed by atoms with van der Waals surface area (Å²) >= 11 is 1.91. The van der Waals surface area contributed by atoms with E-state index in [2.05, 4.69) is 25.3 Å². The predicted octanol–water partition coefficient (Wildman–Crippen LogP) is 3.68. The second kappa shape index (κ2) is 6.20. The Balaban J connectivity index is 2.62. The van der Waals surface area contributed by atoms with Crippen molar-refractivity contribution in [3.63, 3.8) is 0 Å². The van der Waals surface area contributed by atoms with Gasteiger partial charge in [0.25, 0.3) is 0 Å². The van der Waals surface area contributed by atoms with E-state index < -0.39 is 0 Å². The van der Waals surface area contributed by atoms with Crippen LogP contribution in [0.5, 0.6) is 0 Å². The Hall–Kier alpha value is -0.340. The van der Waals surface area contributed by atoms with E-state index in [9.17, 15) is 0 Å². The smallest absolute Gasteiger partial charge is 0.0105 e. The minimum atomic E-state index is 0.753. The quantitative estimate of drug-likeness (QED) is 0.763. The summed E-state index contributed by atoms with van der Waals surface area (Å²) in [6.45, 7) is 5.31. The molecule has 0 aromatic carbocycles. The number of nitrogens with two attached hydrogens (primary N) is 1. The van der Waals surface area contributed by atoms with Gasteiger partial charge in [-0.25, -0.2) is 0 Å². The molecule has 0 aliphatic rings. The molecule has 0 amide bonds. The van der Waals surface area contributed by atoms with E-state index in [0.717, 1.165) is 18.9 Å². The lowest BCUT2D eigenvalue weighted by Crippen LogP contribution is -2.04. The molecule has 2 N–H and O–H groups in total. The van der Waals surface area contributed by atoms with Gasteiger partial charge in [0.2, 0.25) is 0 Å².